The monoisotopic (exact) mass is 223 g/mol. The van der Waals surface area contributed by atoms with E-state index in [1.54, 1.807) is 17.0 Å². The Hall–Kier alpha value is -1.16. The molecule has 16 heavy (non-hydrogen) atoms. The van der Waals surface area contributed by atoms with Gasteiger partial charge in [0.05, 0.1) is 5.54 Å². The van der Waals surface area contributed by atoms with Crippen LogP contribution in [-0.4, -0.2) is 39.9 Å². The lowest BCUT2D eigenvalue weighted by Gasteiger charge is -2.36. The molecule has 0 atom stereocenters. The second-order valence-corrected chi connectivity index (χ2v) is 4.32. The van der Waals surface area contributed by atoms with E-state index < -0.39 is 5.54 Å². The number of aryl methyl sites for hydroxylation is 1. The number of nitrogens with zero attached hydrogens (tertiary/aromatic N) is 3. The number of imidazole rings is 1. The number of rotatable bonds is 5. The lowest BCUT2D eigenvalue weighted by molar-refractivity contribution is 0.0641. The first-order valence-electron chi connectivity index (χ1n) is 5.69. The van der Waals surface area contributed by atoms with Crippen molar-refractivity contribution in [1.29, 1.82) is 0 Å². The normalized spacial score (nSPS) is 12.1. The molecule has 0 unspecified atom stereocenters. The quantitative estimate of drug-likeness (QED) is 0.713. The van der Waals surface area contributed by atoms with Gasteiger partial charge in [-0.25, -0.2) is 4.98 Å². The molecule has 0 bridgehead atoms. The van der Waals surface area contributed by atoms with E-state index in [2.05, 4.69) is 4.98 Å². The van der Waals surface area contributed by atoms with Crippen molar-refractivity contribution in [2.75, 3.05) is 14.1 Å². The minimum Gasteiger partial charge on any atom is -0.332 e. The molecule has 0 amide bonds. The van der Waals surface area contributed by atoms with Crippen LogP contribution in [0.3, 0.4) is 0 Å². The summed E-state index contributed by atoms with van der Waals surface area (Å²) in [6, 6.07) is 0. The van der Waals surface area contributed by atoms with Crippen molar-refractivity contribution in [3.05, 3.63) is 18.2 Å². The van der Waals surface area contributed by atoms with E-state index in [-0.39, 0.29) is 5.78 Å². The summed E-state index contributed by atoms with van der Waals surface area (Å²) in [4.78, 5) is 18.7. The standard InChI is InChI=1S/C12H21N3O/c1-6-12(7-2,14(3)4)10(16)11-13-8-9-15(11)5/h8-9H,6-7H2,1-5H3. The predicted molar refractivity (Wildman–Crippen MR) is 64.5 cm³/mol. The Morgan fingerprint density at radius 1 is 1.44 bits per heavy atom. The van der Waals surface area contributed by atoms with Crippen molar-refractivity contribution in [3.8, 4) is 0 Å². The smallest absolute Gasteiger partial charge is 0.218 e. The van der Waals surface area contributed by atoms with Gasteiger partial charge in [-0.15, -0.1) is 0 Å². The summed E-state index contributed by atoms with van der Waals surface area (Å²) in [5, 5.41) is 0. The van der Waals surface area contributed by atoms with E-state index in [0.717, 1.165) is 12.8 Å². The lowest BCUT2D eigenvalue weighted by Crippen LogP contribution is -2.51. The Morgan fingerprint density at radius 3 is 2.31 bits per heavy atom. The van der Waals surface area contributed by atoms with E-state index in [4.69, 9.17) is 0 Å². The Balaban J connectivity index is 3.15. The van der Waals surface area contributed by atoms with Gasteiger partial charge in [-0.3, -0.25) is 9.69 Å². The summed E-state index contributed by atoms with van der Waals surface area (Å²) in [5.74, 6) is 0.646. The molecule has 0 radical (unpaired) electrons. The molecule has 4 nitrogen and oxygen atoms in total. The molecule has 1 heterocycles. The molecule has 1 rings (SSSR count). The molecule has 1 aromatic rings. The number of carbonyl (C=O) groups excluding carboxylic acids is 1. The number of hydrogen-bond donors (Lipinski definition) is 0. The molecule has 0 saturated carbocycles. The molecule has 0 aliphatic rings. The summed E-state index contributed by atoms with van der Waals surface area (Å²) in [7, 11) is 5.76. The third-order valence-corrected chi connectivity index (χ3v) is 3.47. The molecule has 1 aromatic heterocycles. The van der Waals surface area contributed by atoms with Gasteiger partial charge in [-0.2, -0.15) is 0 Å². The summed E-state index contributed by atoms with van der Waals surface area (Å²) >= 11 is 0. The maximum atomic E-state index is 12.5. The molecule has 0 N–H and O–H groups in total. The average molecular weight is 223 g/mol. The molecular formula is C12H21N3O. The van der Waals surface area contributed by atoms with Gasteiger partial charge >= 0.3 is 0 Å². The third kappa shape index (κ3) is 1.89. The summed E-state index contributed by atoms with van der Waals surface area (Å²) in [6.45, 7) is 4.09. The van der Waals surface area contributed by atoms with Crippen molar-refractivity contribution < 1.29 is 4.79 Å². The van der Waals surface area contributed by atoms with Gasteiger partial charge in [0.15, 0.2) is 5.82 Å². The van der Waals surface area contributed by atoms with Crippen LogP contribution in [-0.2, 0) is 7.05 Å². The van der Waals surface area contributed by atoms with Crippen LogP contribution in [0.4, 0.5) is 0 Å². The Kier molecular flexibility index (Phi) is 3.86. The van der Waals surface area contributed by atoms with Crippen LogP contribution in [0.2, 0.25) is 0 Å². The Morgan fingerprint density at radius 2 is 2.00 bits per heavy atom. The molecule has 0 fully saturated rings. The zero-order chi connectivity index (χ0) is 12.3. The van der Waals surface area contributed by atoms with E-state index >= 15 is 0 Å². The maximum Gasteiger partial charge on any atom is 0.218 e. The first-order valence-corrected chi connectivity index (χ1v) is 5.69. The SMILES string of the molecule is CCC(CC)(C(=O)c1nccn1C)N(C)C. The van der Waals surface area contributed by atoms with Crippen molar-refractivity contribution >= 4 is 5.78 Å². The molecule has 0 aromatic carbocycles. The van der Waals surface area contributed by atoms with Crippen molar-refractivity contribution in [3.63, 3.8) is 0 Å². The number of ketones is 1. The molecule has 90 valence electrons. The first kappa shape index (κ1) is 12.9. The molecule has 0 spiro atoms. The van der Waals surface area contributed by atoms with E-state index in [1.165, 1.54) is 0 Å². The maximum absolute atomic E-state index is 12.5. The van der Waals surface area contributed by atoms with Crippen LogP contribution in [0.1, 0.15) is 37.3 Å². The van der Waals surface area contributed by atoms with Gasteiger partial charge in [-0.1, -0.05) is 13.8 Å². The minimum atomic E-state index is -0.431. The second-order valence-electron chi connectivity index (χ2n) is 4.32. The first-order chi connectivity index (χ1) is 7.49. The summed E-state index contributed by atoms with van der Waals surface area (Å²) in [6.07, 6.45) is 5.06. The number of carbonyl (C=O) groups is 1. The zero-order valence-corrected chi connectivity index (χ0v) is 10.8. The fourth-order valence-corrected chi connectivity index (χ4v) is 2.20. The zero-order valence-electron chi connectivity index (χ0n) is 10.8. The van der Waals surface area contributed by atoms with Gasteiger partial charge in [0.25, 0.3) is 0 Å². The van der Waals surface area contributed by atoms with Crippen LogP contribution in [0, 0.1) is 0 Å². The highest BCUT2D eigenvalue weighted by Gasteiger charge is 2.39. The van der Waals surface area contributed by atoms with Gasteiger partial charge < -0.3 is 4.57 Å². The van der Waals surface area contributed by atoms with Gasteiger partial charge in [-0.05, 0) is 26.9 Å². The predicted octanol–water partition coefficient (Wildman–Crippen LogP) is 1.72. The third-order valence-electron chi connectivity index (χ3n) is 3.47. The van der Waals surface area contributed by atoms with Crippen LogP contribution < -0.4 is 0 Å². The number of likely N-dealkylation sites (N-methyl/N-ethyl adjacent to an activating group) is 1. The fourth-order valence-electron chi connectivity index (χ4n) is 2.20. The summed E-state index contributed by atoms with van der Waals surface area (Å²) < 4.78 is 1.78. The van der Waals surface area contributed by atoms with Gasteiger partial charge in [0.2, 0.25) is 5.78 Å². The number of hydrogen-bond acceptors (Lipinski definition) is 3. The van der Waals surface area contributed by atoms with E-state index in [9.17, 15) is 4.79 Å². The molecule has 4 heteroatoms. The summed E-state index contributed by atoms with van der Waals surface area (Å²) in [5.41, 5.74) is -0.431. The lowest BCUT2D eigenvalue weighted by atomic mass is 9.86. The molecule has 0 aliphatic carbocycles. The minimum absolute atomic E-state index is 0.106. The fraction of sp³-hybridized carbons (Fsp3) is 0.667. The number of Topliss-reactive ketones (excluding diaryl/α,β-unsaturated/α-hetero) is 1. The van der Waals surface area contributed by atoms with Crippen LogP contribution in [0.15, 0.2) is 12.4 Å². The highest BCUT2D eigenvalue weighted by molar-refractivity contribution is 6.00. The van der Waals surface area contributed by atoms with E-state index in [1.807, 2.05) is 39.9 Å². The molecule has 0 saturated heterocycles. The van der Waals surface area contributed by atoms with Crippen molar-refractivity contribution in [1.82, 2.24) is 14.5 Å². The van der Waals surface area contributed by atoms with Crippen molar-refractivity contribution in [2.45, 2.75) is 32.2 Å². The molecule has 0 aliphatic heterocycles. The topological polar surface area (TPSA) is 38.1 Å². The Bertz CT molecular complexity index is 364. The highest BCUT2D eigenvalue weighted by atomic mass is 16.1. The number of aromatic nitrogens is 2. The van der Waals surface area contributed by atoms with E-state index in [0.29, 0.717) is 5.82 Å². The second kappa shape index (κ2) is 4.78. The Labute approximate surface area is 97.3 Å². The largest absolute Gasteiger partial charge is 0.332 e. The van der Waals surface area contributed by atoms with Crippen LogP contribution in [0.25, 0.3) is 0 Å². The van der Waals surface area contributed by atoms with Crippen molar-refractivity contribution in [2.24, 2.45) is 7.05 Å². The average Bonchev–Trinajstić information content (AvgIpc) is 2.66. The van der Waals surface area contributed by atoms with Gasteiger partial charge in [0.1, 0.15) is 0 Å². The molecular weight excluding hydrogens is 202 g/mol. The highest BCUT2D eigenvalue weighted by Crippen LogP contribution is 2.25. The van der Waals surface area contributed by atoms with Crippen LogP contribution in [0.5, 0.6) is 0 Å². The van der Waals surface area contributed by atoms with Gasteiger partial charge in [0, 0.05) is 19.4 Å². The van der Waals surface area contributed by atoms with Crippen LogP contribution >= 0.6 is 0 Å².